The van der Waals surface area contributed by atoms with E-state index in [4.69, 9.17) is 4.74 Å². The summed E-state index contributed by atoms with van der Waals surface area (Å²) in [6.45, 7) is 7.59. The summed E-state index contributed by atoms with van der Waals surface area (Å²) in [5, 5.41) is 12.7. The molecule has 0 atom stereocenters. The Bertz CT molecular complexity index is 905. The van der Waals surface area contributed by atoms with Crippen LogP contribution < -0.4 is 4.90 Å². The van der Waals surface area contributed by atoms with E-state index in [0.29, 0.717) is 30.0 Å². The molecule has 1 aliphatic heterocycles. The van der Waals surface area contributed by atoms with Gasteiger partial charge in [0.15, 0.2) is 5.82 Å². The van der Waals surface area contributed by atoms with E-state index in [1.54, 1.807) is 56.7 Å². The van der Waals surface area contributed by atoms with Gasteiger partial charge < -0.3 is 9.64 Å². The smallest absolute Gasteiger partial charge is 0.342 e. The molecule has 3 heterocycles. The number of rotatable bonds is 3. The van der Waals surface area contributed by atoms with Crippen LogP contribution in [0.1, 0.15) is 56.0 Å². The van der Waals surface area contributed by atoms with Crippen molar-refractivity contribution < 1.29 is 18.3 Å². The van der Waals surface area contributed by atoms with Gasteiger partial charge in [0.05, 0.1) is 6.20 Å². The molecule has 7 nitrogen and oxygen atoms in total. The number of hydrogen-bond acceptors (Lipinski definition) is 6. The molecule has 29 heavy (non-hydrogen) atoms. The zero-order valence-corrected chi connectivity index (χ0v) is 17.5. The molecule has 0 spiro atoms. The van der Waals surface area contributed by atoms with E-state index in [2.05, 4.69) is 15.3 Å². The third-order valence-electron chi connectivity index (χ3n) is 4.80. The standard InChI is InChI=1S/C20H27F2N5O2/c1-13-15(18(28)29-19(2,3)4)17(27-9-6-7-20(21,22)8-10-27)25-24-16(13)14-11-23-26(5)12-14/h11-12H,6-10H2,1-5H3. The highest BCUT2D eigenvalue weighted by Gasteiger charge is 2.34. The van der Waals surface area contributed by atoms with Crippen molar-refractivity contribution in [2.45, 2.75) is 58.5 Å². The highest BCUT2D eigenvalue weighted by Crippen LogP contribution is 2.34. The lowest BCUT2D eigenvalue weighted by atomic mass is 10.0. The summed E-state index contributed by atoms with van der Waals surface area (Å²) < 4.78 is 34.9. The molecule has 2 aromatic rings. The van der Waals surface area contributed by atoms with Gasteiger partial charge in [0.25, 0.3) is 0 Å². The van der Waals surface area contributed by atoms with Crippen molar-refractivity contribution in [2.24, 2.45) is 7.05 Å². The Kier molecular flexibility index (Phi) is 5.60. The number of anilines is 1. The largest absolute Gasteiger partial charge is 0.456 e. The molecule has 3 rings (SSSR count). The maximum Gasteiger partial charge on any atom is 0.342 e. The summed E-state index contributed by atoms with van der Waals surface area (Å²) in [6, 6.07) is 0. The van der Waals surface area contributed by atoms with Crippen LogP contribution in [0.25, 0.3) is 11.3 Å². The minimum absolute atomic E-state index is 0.100. The second-order valence-electron chi connectivity index (χ2n) is 8.47. The summed E-state index contributed by atoms with van der Waals surface area (Å²) in [5.41, 5.74) is 1.39. The van der Waals surface area contributed by atoms with Gasteiger partial charge in [-0.25, -0.2) is 13.6 Å². The van der Waals surface area contributed by atoms with Gasteiger partial charge in [0.2, 0.25) is 5.92 Å². The summed E-state index contributed by atoms with van der Waals surface area (Å²) in [6.07, 6.45) is 3.27. The highest BCUT2D eigenvalue weighted by atomic mass is 19.3. The van der Waals surface area contributed by atoms with E-state index in [9.17, 15) is 13.6 Å². The van der Waals surface area contributed by atoms with Gasteiger partial charge in [0, 0.05) is 44.7 Å². The Hall–Kier alpha value is -2.58. The SMILES string of the molecule is Cc1c(-c2cnn(C)c2)nnc(N2CCCC(F)(F)CC2)c1C(=O)OC(C)(C)C. The molecule has 0 radical (unpaired) electrons. The van der Waals surface area contributed by atoms with Crippen molar-refractivity contribution in [1.82, 2.24) is 20.0 Å². The number of aryl methyl sites for hydroxylation is 1. The van der Waals surface area contributed by atoms with Crippen molar-refractivity contribution in [3.05, 3.63) is 23.5 Å². The average Bonchev–Trinajstić information content (AvgIpc) is 2.93. The fraction of sp³-hybridized carbons (Fsp3) is 0.600. The molecule has 158 valence electrons. The van der Waals surface area contributed by atoms with Crippen LogP contribution in [0.5, 0.6) is 0 Å². The third kappa shape index (κ3) is 4.89. The molecule has 0 unspecified atom stereocenters. The topological polar surface area (TPSA) is 73.1 Å². The van der Waals surface area contributed by atoms with Crippen LogP contribution in [0.4, 0.5) is 14.6 Å². The second-order valence-corrected chi connectivity index (χ2v) is 8.47. The first kappa shape index (κ1) is 21.1. The van der Waals surface area contributed by atoms with Crippen molar-refractivity contribution in [2.75, 3.05) is 18.0 Å². The van der Waals surface area contributed by atoms with E-state index in [1.165, 1.54) is 0 Å². The molecule has 9 heteroatoms. The number of nitrogens with zero attached hydrogens (tertiary/aromatic N) is 5. The monoisotopic (exact) mass is 407 g/mol. The first-order chi connectivity index (χ1) is 13.5. The molecule has 1 fully saturated rings. The molecule has 2 aromatic heterocycles. The normalized spacial score (nSPS) is 17.1. The van der Waals surface area contributed by atoms with Gasteiger partial charge in [-0.3, -0.25) is 4.68 Å². The number of carbonyl (C=O) groups is 1. The van der Waals surface area contributed by atoms with Crippen LogP contribution in [0.3, 0.4) is 0 Å². The predicted octanol–water partition coefficient (Wildman–Crippen LogP) is 3.77. The van der Waals surface area contributed by atoms with Gasteiger partial charge in [0.1, 0.15) is 16.9 Å². The van der Waals surface area contributed by atoms with Crippen LogP contribution in [0.2, 0.25) is 0 Å². The Balaban J connectivity index is 2.07. The van der Waals surface area contributed by atoms with Crippen LogP contribution >= 0.6 is 0 Å². The molecular weight excluding hydrogens is 380 g/mol. The fourth-order valence-electron chi connectivity index (χ4n) is 3.40. The number of aromatic nitrogens is 4. The van der Waals surface area contributed by atoms with Crippen LogP contribution in [-0.2, 0) is 11.8 Å². The molecule has 0 amide bonds. The first-order valence-corrected chi connectivity index (χ1v) is 9.69. The number of esters is 1. The lowest BCUT2D eigenvalue weighted by Gasteiger charge is -2.26. The molecule has 0 bridgehead atoms. The molecular formula is C20H27F2N5O2. The summed E-state index contributed by atoms with van der Waals surface area (Å²) in [4.78, 5) is 14.8. The Morgan fingerprint density at radius 2 is 1.93 bits per heavy atom. The van der Waals surface area contributed by atoms with Crippen molar-refractivity contribution in [3.8, 4) is 11.3 Å². The van der Waals surface area contributed by atoms with E-state index in [0.717, 1.165) is 5.56 Å². The Labute approximate surface area is 169 Å². The fourth-order valence-corrected chi connectivity index (χ4v) is 3.40. The quantitative estimate of drug-likeness (QED) is 0.722. The van der Waals surface area contributed by atoms with Gasteiger partial charge >= 0.3 is 5.97 Å². The van der Waals surface area contributed by atoms with Crippen LogP contribution in [-0.4, -0.2) is 50.6 Å². The molecule has 0 aliphatic carbocycles. The van der Waals surface area contributed by atoms with E-state index in [-0.39, 0.29) is 24.9 Å². The Morgan fingerprint density at radius 1 is 1.21 bits per heavy atom. The van der Waals surface area contributed by atoms with E-state index < -0.39 is 17.5 Å². The minimum atomic E-state index is -2.71. The molecule has 0 aromatic carbocycles. The van der Waals surface area contributed by atoms with Gasteiger partial charge in [-0.05, 0) is 39.7 Å². The lowest BCUT2D eigenvalue weighted by molar-refractivity contribution is -0.0102. The Morgan fingerprint density at radius 3 is 2.55 bits per heavy atom. The van der Waals surface area contributed by atoms with Gasteiger partial charge in [-0.1, -0.05) is 0 Å². The molecule has 0 N–H and O–H groups in total. The van der Waals surface area contributed by atoms with Gasteiger partial charge in [-0.2, -0.15) is 5.10 Å². The number of ether oxygens (including phenoxy) is 1. The van der Waals surface area contributed by atoms with Crippen molar-refractivity contribution >= 4 is 11.8 Å². The van der Waals surface area contributed by atoms with E-state index in [1.807, 2.05) is 0 Å². The predicted molar refractivity (Wildman–Crippen MR) is 105 cm³/mol. The third-order valence-corrected chi connectivity index (χ3v) is 4.80. The molecule has 0 saturated carbocycles. The van der Waals surface area contributed by atoms with Crippen LogP contribution in [0, 0.1) is 6.92 Å². The maximum absolute atomic E-state index is 13.8. The van der Waals surface area contributed by atoms with Crippen molar-refractivity contribution in [3.63, 3.8) is 0 Å². The first-order valence-electron chi connectivity index (χ1n) is 9.69. The van der Waals surface area contributed by atoms with Crippen LogP contribution in [0.15, 0.2) is 12.4 Å². The highest BCUT2D eigenvalue weighted by molar-refractivity contribution is 5.98. The number of alkyl halides is 2. The number of halogens is 2. The van der Waals surface area contributed by atoms with Gasteiger partial charge in [-0.15, -0.1) is 10.2 Å². The summed E-state index contributed by atoms with van der Waals surface area (Å²) in [5.74, 6) is -2.96. The number of carbonyl (C=O) groups excluding carboxylic acids is 1. The maximum atomic E-state index is 13.8. The van der Waals surface area contributed by atoms with E-state index >= 15 is 0 Å². The molecule has 1 saturated heterocycles. The zero-order valence-electron chi connectivity index (χ0n) is 17.5. The summed E-state index contributed by atoms with van der Waals surface area (Å²) >= 11 is 0. The zero-order chi connectivity index (χ0) is 21.4. The number of hydrogen-bond donors (Lipinski definition) is 0. The minimum Gasteiger partial charge on any atom is -0.456 e. The molecule has 1 aliphatic rings. The second kappa shape index (κ2) is 7.68. The lowest BCUT2D eigenvalue weighted by Crippen LogP contribution is -2.31. The average molecular weight is 407 g/mol. The summed E-state index contributed by atoms with van der Waals surface area (Å²) in [7, 11) is 1.78. The van der Waals surface area contributed by atoms with Crippen molar-refractivity contribution in [1.29, 1.82) is 0 Å².